The smallest absolute Gasteiger partial charge is 0.306 e. The number of pyridine rings is 4. The summed E-state index contributed by atoms with van der Waals surface area (Å²) >= 11 is 12.4. The number of nitriles is 2. The van der Waals surface area contributed by atoms with E-state index in [0.717, 1.165) is 93.0 Å². The first-order valence-corrected chi connectivity index (χ1v) is 44.5. The molecule has 610 valence electrons. The van der Waals surface area contributed by atoms with Crippen LogP contribution in [0.2, 0.25) is 10.0 Å². The van der Waals surface area contributed by atoms with Crippen molar-refractivity contribution in [2.45, 2.75) is 179 Å². The van der Waals surface area contributed by atoms with E-state index >= 15 is 0 Å². The fourth-order valence-corrected chi connectivity index (χ4v) is 23.6. The highest BCUT2D eigenvalue weighted by Gasteiger charge is 2.54. The molecule has 17 heteroatoms. The molecule has 12 fully saturated rings. The van der Waals surface area contributed by atoms with E-state index in [1.54, 1.807) is 24.4 Å². The van der Waals surface area contributed by atoms with Gasteiger partial charge < -0.3 is 18.9 Å². The van der Waals surface area contributed by atoms with Crippen LogP contribution in [-0.4, -0.2) is 68.2 Å². The number of hydrogen-bond donors (Lipinski definition) is 0. The van der Waals surface area contributed by atoms with E-state index in [9.17, 15) is 28.8 Å². The number of aromatic nitrogens is 4. The van der Waals surface area contributed by atoms with Gasteiger partial charge in [-0.25, -0.2) is 4.39 Å². The zero-order chi connectivity index (χ0) is 81.5. The molecule has 4 aromatic heterocycles. The van der Waals surface area contributed by atoms with Crippen LogP contribution < -0.4 is 0 Å². The Morgan fingerprint density at radius 2 is 0.714 bits per heavy atom. The molecule has 0 amide bonds. The second-order valence-corrected chi connectivity index (χ2v) is 36.3. The molecule has 8 heterocycles. The van der Waals surface area contributed by atoms with Gasteiger partial charge in [0.25, 0.3) is 0 Å². The second kappa shape index (κ2) is 37.2. The Bertz CT molecular complexity index is 5190. The lowest BCUT2D eigenvalue weighted by Gasteiger charge is -2.45. The summed E-state index contributed by atoms with van der Waals surface area (Å²) in [5, 5.41) is 19.8. The van der Waals surface area contributed by atoms with Crippen molar-refractivity contribution in [3.63, 3.8) is 0 Å². The number of esters is 4. The number of rotatable bonds is 12. The predicted octanol–water partition coefficient (Wildman–Crippen LogP) is 23.3. The molecule has 20 atom stereocenters. The highest BCUT2D eigenvalue weighted by Crippen LogP contribution is 2.56. The predicted molar refractivity (Wildman–Crippen MR) is 460 cm³/mol. The maximum atomic E-state index is 13.5. The third-order valence-corrected chi connectivity index (χ3v) is 29.4. The molecule has 14 nitrogen and oxygen atoms in total. The van der Waals surface area contributed by atoms with E-state index in [0.29, 0.717) is 142 Å². The molecule has 8 saturated carbocycles. The van der Waals surface area contributed by atoms with Crippen molar-refractivity contribution in [3.05, 3.63) is 238 Å². The van der Waals surface area contributed by atoms with Crippen LogP contribution in [0.15, 0.2) is 189 Å². The number of carbonyl (C=O) groups is 4. The molecule has 8 aliphatic carbocycles. The van der Waals surface area contributed by atoms with Gasteiger partial charge in [-0.2, -0.15) is 10.5 Å². The summed E-state index contributed by atoms with van der Waals surface area (Å²) in [7, 11) is 0. The molecule has 4 aromatic carbocycles. The molecule has 8 aromatic rings. The van der Waals surface area contributed by atoms with E-state index in [2.05, 4.69) is 86.7 Å². The lowest BCUT2D eigenvalue weighted by Crippen LogP contribution is -2.41. The quantitative estimate of drug-likeness (QED) is 0.0825. The third kappa shape index (κ3) is 18.7. The summed E-state index contributed by atoms with van der Waals surface area (Å²) in [6.45, 7) is 0. The van der Waals surface area contributed by atoms with Gasteiger partial charge in [-0.3, -0.25) is 39.1 Å². The van der Waals surface area contributed by atoms with Crippen LogP contribution >= 0.6 is 23.2 Å². The zero-order valence-electron chi connectivity index (χ0n) is 67.3. The van der Waals surface area contributed by atoms with Gasteiger partial charge in [0.2, 0.25) is 0 Å². The van der Waals surface area contributed by atoms with Crippen molar-refractivity contribution < 1.29 is 42.5 Å². The fourth-order valence-electron chi connectivity index (χ4n) is 23.2. The van der Waals surface area contributed by atoms with Crippen LogP contribution in [0, 0.1) is 123 Å². The highest BCUT2D eigenvalue weighted by atomic mass is 35.5. The summed E-state index contributed by atoms with van der Waals surface area (Å²) < 4.78 is 36.1. The minimum atomic E-state index is -0.242. The van der Waals surface area contributed by atoms with Gasteiger partial charge in [0.1, 0.15) is 30.2 Å². The monoisotopic (exact) mass is 1630 g/mol. The largest absolute Gasteiger partial charge is 0.462 e. The van der Waals surface area contributed by atoms with Gasteiger partial charge in [0, 0.05) is 91.9 Å². The molecular weight excluding hydrogens is 1530 g/mol. The fraction of sp³-hybridized carbons (Fsp3) is 0.431. The van der Waals surface area contributed by atoms with Gasteiger partial charge in [-0.05, 0) is 231 Å². The van der Waals surface area contributed by atoms with Crippen molar-refractivity contribution in [2.24, 2.45) is 94.7 Å². The topological polar surface area (TPSA) is 204 Å². The lowest BCUT2D eigenvalue weighted by atomic mass is 9.60. The standard InChI is InChI=1S/2C26H26N2O2.C25H25Cl2NO2.C25H26FNO2/c27-15-18-6-2-3-7-21(18)19-9-10-20(28-16-19)11-12-23-22-8-4-1-5-17(22)13-25-24(23)14-26(29)30-25;27-15-17-4-3-6-18(12-17)20-8-9-21(28-16-20)10-11-23-22-7-2-1-5-19(22)13-25-24(23)14-26(29)30-25;26-17-6-10-23(27)21(12-17)16-5-7-18(28-14-16)8-9-20-19-4-2-1-3-15(19)11-24-22(20)13-25(29)30-24;26-19-6-3-5-16(12-19)18-8-9-20(27-15-18)10-11-22-21-7-2-1-4-17(21)13-24-23(22)14-25(28)29-24/h2-3,6-7,9-12,16-17,22-25H,1,4-5,8,13-14H2;3-4,6,8-12,16,19,22-25H,1-2,5,7,13-14H2;5-10,12,14-15,19-20,22,24H,1-4,11,13H2;3,5-6,8-12,15,17,21-24H,1-2,4,7,13-14H2/b12-11+;11-10+;9-8+;11-10+/t17-,22+,23-,24+,25-;19-,22+,23-,24+,25-;15-,19+,20-,22+,24-;17-,21+,22-,23+,24-/m0000/s1. The molecule has 4 aliphatic heterocycles. The maximum Gasteiger partial charge on any atom is 0.306 e. The number of fused-ring (bicyclic) bond motifs is 8. The van der Waals surface area contributed by atoms with E-state index in [1.807, 2.05) is 122 Å². The number of nitrogens with zero attached hydrogens (tertiary/aromatic N) is 6. The molecule has 12 aliphatic rings. The SMILES string of the molecule is N#Cc1cccc(-c2ccc(/C=C/[C@H]3[C@@H]4CCCC[C@H]4C[C@@H]4OC(=O)C[C@H]34)nc2)c1.N#Cc1ccccc1-c1ccc(/C=C/[C@H]2[C@@H]3CCCC[C@H]3C[C@@H]3OC(=O)C[C@H]23)nc1.O=C1C[C@@H]2[C@@H](/C=C/c3ccc(-c4cc(Cl)ccc4Cl)cn3)[C@@H]3CCCC[C@H]3C[C@@H]2O1.O=C1C[C@@H]2[C@@H](/C=C/c3ccc(-c4cccc(F)c4)cn3)[C@@H]3CCCC[C@H]3C[C@@H]2O1. The Hall–Kier alpha value is -10.2. The van der Waals surface area contributed by atoms with E-state index < -0.39 is 0 Å². The Morgan fingerprint density at radius 3 is 1.08 bits per heavy atom. The first-order valence-electron chi connectivity index (χ1n) is 43.8. The number of hydrogen-bond acceptors (Lipinski definition) is 14. The molecule has 0 N–H and O–H groups in total. The van der Waals surface area contributed by atoms with Crippen LogP contribution in [0.3, 0.4) is 0 Å². The van der Waals surface area contributed by atoms with Gasteiger partial charge >= 0.3 is 23.9 Å². The van der Waals surface area contributed by atoms with Crippen LogP contribution in [0.25, 0.3) is 68.8 Å². The second-order valence-electron chi connectivity index (χ2n) is 35.5. The zero-order valence-corrected chi connectivity index (χ0v) is 68.8. The van der Waals surface area contributed by atoms with E-state index in [-0.39, 0.29) is 54.1 Å². The van der Waals surface area contributed by atoms with Crippen molar-refractivity contribution in [1.29, 1.82) is 10.5 Å². The van der Waals surface area contributed by atoms with Crippen molar-refractivity contribution in [2.75, 3.05) is 0 Å². The minimum absolute atomic E-state index is 0.0240. The van der Waals surface area contributed by atoms with Crippen LogP contribution in [-0.2, 0) is 38.1 Å². The molecule has 119 heavy (non-hydrogen) atoms. The third-order valence-electron chi connectivity index (χ3n) is 28.8. The number of ether oxygens (including phenoxy) is 4. The Morgan fingerprint density at radius 1 is 0.353 bits per heavy atom. The maximum absolute atomic E-state index is 13.5. The van der Waals surface area contributed by atoms with Crippen molar-refractivity contribution in [3.8, 4) is 56.6 Å². The van der Waals surface area contributed by atoms with Gasteiger partial charge in [-0.1, -0.05) is 191 Å². The Labute approximate surface area is 708 Å². The average molecular weight is 1630 g/mol. The molecule has 4 saturated heterocycles. The van der Waals surface area contributed by atoms with Crippen LogP contribution in [0.4, 0.5) is 4.39 Å². The number of benzene rings is 4. The first kappa shape index (κ1) is 81.2. The molecule has 20 rings (SSSR count). The van der Waals surface area contributed by atoms with Gasteiger partial charge in [0.15, 0.2) is 0 Å². The van der Waals surface area contributed by atoms with Gasteiger partial charge in [0.05, 0.1) is 71.7 Å². The summed E-state index contributed by atoms with van der Waals surface area (Å²) in [4.78, 5) is 66.3. The number of halogens is 3. The molecular formula is C102H103Cl2FN6O8. The van der Waals surface area contributed by atoms with Crippen molar-refractivity contribution in [1.82, 2.24) is 19.9 Å². The molecule has 0 spiro atoms. The summed E-state index contributed by atoms with van der Waals surface area (Å²) in [5.74, 6) is 7.84. The summed E-state index contributed by atoms with van der Waals surface area (Å²) in [6.07, 6.45) is 52.3. The number of allylic oxidation sites excluding steroid dienone is 4. The summed E-state index contributed by atoms with van der Waals surface area (Å²) in [5.41, 5.74) is 12.4. The Kier molecular flexibility index (Phi) is 25.4. The van der Waals surface area contributed by atoms with Crippen LogP contribution in [0.1, 0.15) is 188 Å². The lowest BCUT2D eigenvalue weighted by molar-refractivity contribution is -0.144. The molecule has 0 radical (unpaired) electrons. The van der Waals surface area contributed by atoms with Gasteiger partial charge in [-0.15, -0.1) is 0 Å². The van der Waals surface area contributed by atoms with E-state index in [1.165, 1.54) is 115 Å². The number of carbonyl (C=O) groups excluding carboxylic acids is 4. The highest BCUT2D eigenvalue weighted by molar-refractivity contribution is 6.35. The Balaban J connectivity index is 0.000000113. The first-order chi connectivity index (χ1) is 58.2. The molecule has 0 unspecified atom stereocenters. The summed E-state index contributed by atoms with van der Waals surface area (Å²) in [6, 6.07) is 47.7. The normalized spacial score (nSPS) is 30.7. The average Bonchev–Trinajstić information content (AvgIpc) is 1.68. The molecule has 0 bridgehead atoms. The minimum Gasteiger partial charge on any atom is -0.462 e. The van der Waals surface area contributed by atoms with Crippen molar-refractivity contribution >= 4 is 71.4 Å². The van der Waals surface area contributed by atoms with Crippen LogP contribution in [0.5, 0.6) is 0 Å². The van der Waals surface area contributed by atoms with E-state index in [4.69, 9.17) is 47.4 Å².